The molecule has 0 aromatic heterocycles. The Morgan fingerprint density at radius 3 is 2.48 bits per heavy atom. The van der Waals surface area contributed by atoms with Gasteiger partial charge in [-0.25, -0.2) is 0 Å². The highest BCUT2D eigenvalue weighted by atomic mass is 16.4. The highest BCUT2D eigenvalue weighted by Crippen LogP contribution is 2.34. The number of likely N-dealkylation sites (tertiary alicyclic amines) is 1. The Hall–Kier alpha value is -1.10. The minimum atomic E-state index is -0.772. The standard InChI is InChI=1S/C16H28N2O3/c1-16(2,15(20)21)12-6-5-9-18(11-12)14(19)10-17-13-7-3-4-8-13/h12-13,17H,3-11H2,1-2H3,(H,20,21). The highest BCUT2D eigenvalue weighted by Gasteiger charge is 2.39. The zero-order valence-electron chi connectivity index (χ0n) is 13.2. The van der Waals surface area contributed by atoms with Gasteiger partial charge >= 0.3 is 5.97 Å². The van der Waals surface area contributed by atoms with Gasteiger partial charge in [0.2, 0.25) is 5.91 Å². The molecule has 0 bridgehead atoms. The Bertz CT molecular complexity index is 389. The topological polar surface area (TPSA) is 69.6 Å². The molecule has 1 unspecified atom stereocenters. The van der Waals surface area contributed by atoms with Crippen LogP contribution >= 0.6 is 0 Å². The maximum absolute atomic E-state index is 12.3. The van der Waals surface area contributed by atoms with Gasteiger partial charge in [0, 0.05) is 19.1 Å². The summed E-state index contributed by atoms with van der Waals surface area (Å²) < 4.78 is 0. The van der Waals surface area contributed by atoms with Crippen LogP contribution in [0.15, 0.2) is 0 Å². The van der Waals surface area contributed by atoms with Crippen LogP contribution in [0.3, 0.4) is 0 Å². The summed E-state index contributed by atoms with van der Waals surface area (Å²) in [6, 6.07) is 0.491. The fourth-order valence-corrected chi connectivity index (χ4v) is 3.44. The number of carboxylic acid groups (broad SMARTS) is 1. The summed E-state index contributed by atoms with van der Waals surface area (Å²) in [6.45, 7) is 5.27. The first-order chi connectivity index (χ1) is 9.91. The van der Waals surface area contributed by atoms with Crippen molar-refractivity contribution in [3.8, 4) is 0 Å². The molecule has 0 radical (unpaired) electrons. The second-order valence-corrected chi connectivity index (χ2v) is 7.07. The third kappa shape index (κ3) is 3.96. The average molecular weight is 296 g/mol. The molecule has 21 heavy (non-hydrogen) atoms. The van der Waals surface area contributed by atoms with Gasteiger partial charge in [0.1, 0.15) is 0 Å². The fraction of sp³-hybridized carbons (Fsp3) is 0.875. The zero-order chi connectivity index (χ0) is 15.5. The number of rotatable bonds is 5. The van der Waals surface area contributed by atoms with E-state index in [1.165, 1.54) is 25.7 Å². The smallest absolute Gasteiger partial charge is 0.309 e. The van der Waals surface area contributed by atoms with E-state index in [2.05, 4.69) is 5.32 Å². The van der Waals surface area contributed by atoms with Crippen LogP contribution in [0.4, 0.5) is 0 Å². The molecule has 5 nitrogen and oxygen atoms in total. The van der Waals surface area contributed by atoms with Crippen molar-refractivity contribution in [1.29, 1.82) is 0 Å². The molecule has 0 aromatic rings. The van der Waals surface area contributed by atoms with Gasteiger partial charge in [-0.3, -0.25) is 9.59 Å². The molecule has 2 aliphatic rings. The Kier molecular flexibility index (Phi) is 5.25. The van der Waals surface area contributed by atoms with Gasteiger partial charge in [0.25, 0.3) is 0 Å². The number of aliphatic carboxylic acids is 1. The summed E-state index contributed by atoms with van der Waals surface area (Å²) in [4.78, 5) is 25.5. The lowest BCUT2D eigenvalue weighted by molar-refractivity contribution is -0.153. The molecular weight excluding hydrogens is 268 g/mol. The fourth-order valence-electron chi connectivity index (χ4n) is 3.44. The van der Waals surface area contributed by atoms with Gasteiger partial charge in [0.15, 0.2) is 0 Å². The van der Waals surface area contributed by atoms with E-state index in [9.17, 15) is 14.7 Å². The Labute approximate surface area is 127 Å². The van der Waals surface area contributed by atoms with E-state index in [1.807, 2.05) is 4.90 Å². The van der Waals surface area contributed by atoms with Gasteiger partial charge in [-0.1, -0.05) is 12.8 Å². The van der Waals surface area contributed by atoms with Crippen molar-refractivity contribution in [3.63, 3.8) is 0 Å². The third-order valence-electron chi connectivity index (χ3n) is 5.24. The first-order valence-electron chi connectivity index (χ1n) is 8.16. The van der Waals surface area contributed by atoms with Crippen LogP contribution in [0.25, 0.3) is 0 Å². The number of nitrogens with zero attached hydrogens (tertiary/aromatic N) is 1. The Morgan fingerprint density at radius 1 is 1.19 bits per heavy atom. The van der Waals surface area contributed by atoms with Crippen molar-refractivity contribution >= 4 is 11.9 Å². The number of carbonyl (C=O) groups is 2. The summed E-state index contributed by atoms with van der Waals surface area (Å²) in [6.07, 6.45) is 6.63. The van der Waals surface area contributed by atoms with E-state index in [1.54, 1.807) is 13.8 Å². The monoisotopic (exact) mass is 296 g/mol. The van der Waals surface area contributed by atoms with Crippen molar-refractivity contribution in [2.45, 2.75) is 58.4 Å². The van der Waals surface area contributed by atoms with Crippen LogP contribution in [0.5, 0.6) is 0 Å². The van der Waals surface area contributed by atoms with Crippen molar-refractivity contribution in [2.24, 2.45) is 11.3 Å². The number of piperidine rings is 1. The SMILES string of the molecule is CC(C)(C(=O)O)C1CCCN(C(=O)CNC2CCCC2)C1. The molecule has 2 N–H and O–H groups in total. The number of hydrogen-bond donors (Lipinski definition) is 2. The number of carbonyl (C=O) groups excluding carboxylic acids is 1. The molecule has 0 spiro atoms. The van der Waals surface area contributed by atoms with Gasteiger partial charge < -0.3 is 15.3 Å². The summed E-state index contributed by atoms with van der Waals surface area (Å²) in [5, 5.41) is 12.7. The summed E-state index contributed by atoms with van der Waals surface area (Å²) >= 11 is 0. The number of carboxylic acids is 1. The second kappa shape index (κ2) is 6.77. The molecule has 2 rings (SSSR count). The van der Waals surface area contributed by atoms with Crippen molar-refractivity contribution in [2.75, 3.05) is 19.6 Å². The van der Waals surface area contributed by atoms with E-state index in [0.717, 1.165) is 19.4 Å². The van der Waals surface area contributed by atoms with Crippen LogP contribution in [0.1, 0.15) is 52.4 Å². The normalized spacial score (nSPS) is 24.3. The van der Waals surface area contributed by atoms with E-state index in [-0.39, 0.29) is 11.8 Å². The maximum atomic E-state index is 12.3. The average Bonchev–Trinajstić information content (AvgIpc) is 2.98. The van der Waals surface area contributed by atoms with Gasteiger partial charge in [-0.2, -0.15) is 0 Å². The number of amides is 1. The Morgan fingerprint density at radius 2 is 1.86 bits per heavy atom. The van der Waals surface area contributed by atoms with Crippen LogP contribution in [-0.4, -0.2) is 47.6 Å². The molecular formula is C16H28N2O3. The van der Waals surface area contributed by atoms with Crippen LogP contribution in [0.2, 0.25) is 0 Å². The molecule has 5 heteroatoms. The lowest BCUT2D eigenvalue weighted by atomic mass is 9.74. The molecule has 1 saturated carbocycles. The first kappa shape index (κ1) is 16.3. The summed E-state index contributed by atoms with van der Waals surface area (Å²) in [5.41, 5.74) is -0.766. The molecule has 1 aliphatic carbocycles. The molecule has 1 aliphatic heterocycles. The largest absolute Gasteiger partial charge is 0.481 e. The number of hydrogen-bond acceptors (Lipinski definition) is 3. The van der Waals surface area contributed by atoms with Gasteiger partial charge in [-0.05, 0) is 45.4 Å². The summed E-state index contributed by atoms with van der Waals surface area (Å²) in [7, 11) is 0. The van der Waals surface area contributed by atoms with Crippen LogP contribution in [-0.2, 0) is 9.59 Å². The quantitative estimate of drug-likeness (QED) is 0.812. The van der Waals surface area contributed by atoms with Gasteiger partial charge in [0.05, 0.1) is 12.0 Å². The molecule has 1 heterocycles. The van der Waals surface area contributed by atoms with Crippen LogP contribution < -0.4 is 5.32 Å². The van der Waals surface area contributed by atoms with Crippen LogP contribution in [0, 0.1) is 11.3 Å². The molecule has 120 valence electrons. The van der Waals surface area contributed by atoms with E-state index in [4.69, 9.17) is 0 Å². The lowest BCUT2D eigenvalue weighted by Gasteiger charge is -2.39. The zero-order valence-corrected chi connectivity index (χ0v) is 13.2. The predicted octanol–water partition coefficient (Wildman–Crippen LogP) is 1.87. The lowest BCUT2D eigenvalue weighted by Crippen LogP contribution is -2.49. The highest BCUT2D eigenvalue weighted by molar-refractivity contribution is 5.79. The maximum Gasteiger partial charge on any atom is 0.309 e. The van der Waals surface area contributed by atoms with Crippen molar-refractivity contribution in [1.82, 2.24) is 10.2 Å². The predicted molar refractivity (Wildman–Crippen MR) is 81.0 cm³/mol. The van der Waals surface area contributed by atoms with Gasteiger partial charge in [-0.15, -0.1) is 0 Å². The van der Waals surface area contributed by atoms with Crippen molar-refractivity contribution < 1.29 is 14.7 Å². The molecule has 1 atom stereocenters. The minimum absolute atomic E-state index is 0.0409. The molecule has 1 amide bonds. The summed E-state index contributed by atoms with van der Waals surface area (Å²) in [5.74, 6) is -0.613. The molecule has 1 saturated heterocycles. The second-order valence-electron chi connectivity index (χ2n) is 7.07. The van der Waals surface area contributed by atoms with Crippen molar-refractivity contribution in [3.05, 3.63) is 0 Å². The molecule has 2 fully saturated rings. The first-order valence-corrected chi connectivity index (χ1v) is 8.16. The van der Waals surface area contributed by atoms with E-state index in [0.29, 0.717) is 19.1 Å². The third-order valence-corrected chi connectivity index (χ3v) is 5.24. The van der Waals surface area contributed by atoms with E-state index < -0.39 is 11.4 Å². The minimum Gasteiger partial charge on any atom is -0.481 e. The molecule has 0 aromatic carbocycles. The van der Waals surface area contributed by atoms with E-state index >= 15 is 0 Å². The Balaban J connectivity index is 1.85. The number of nitrogens with one attached hydrogen (secondary N) is 1.